The number of hydrogen-bond donors (Lipinski definition) is 0. The molecule has 0 saturated heterocycles. The molecule has 0 amide bonds. The maximum absolute atomic E-state index is 13.2. The largest absolute Gasteiger partial charge is 0.382 e. The third-order valence-electron chi connectivity index (χ3n) is 4.74. The smallest absolute Gasteiger partial charge is 0.261 e. The highest BCUT2D eigenvalue weighted by Gasteiger charge is 2.18. The van der Waals surface area contributed by atoms with Crippen LogP contribution in [0.2, 0.25) is 0 Å². The molecule has 0 aliphatic carbocycles. The SMILES string of the molecule is COCC(COC)n1c(C)nc2ccc(N(C)c3ccc(F)cc3)cc2c1=O. The monoisotopic (exact) mass is 385 g/mol. The molecule has 28 heavy (non-hydrogen) atoms. The van der Waals surface area contributed by atoms with Gasteiger partial charge >= 0.3 is 0 Å². The summed E-state index contributed by atoms with van der Waals surface area (Å²) in [5.41, 5.74) is 2.11. The van der Waals surface area contributed by atoms with Crippen molar-refractivity contribution < 1.29 is 13.9 Å². The summed E-state index contributed by atoms with van der Waals surface area (Å²) in [6.45, 7) is 2.49. The van der Waals surface area contributed by atoms with Crippen LogP contribution in [0.5, 0.6) is 0 Å². The van der Waals surface area contributed by atoms with E-state index in [1.807, 2.05) is 24.1 Å². The number of rotatable bonds is 7. The molecule has 2 aromatic carbocycles. The summed E-state index contributed by atoms with van der Waals surface area (Å²) >= 11 is 0. The van der Waals surface area contributed by atoms with E-state index in [9.17, 15) is 9.18 Å². The van der Waals surface area contributed by atoms with E-state index in [1.165, 1.54) is 12.1 Å². The van der Waals surface area contributed by atoms with E-state index < -0.39 is 0 Å². The van der Waals surface area contributed by atoms with Gasteiger partial charge in [-0.25, -0.2) is 9.37 Å². The Morgan fingerprint density at radius 3 is 2.29 bits per heavy atom. The van der Waals surface area contributed by atoms with Gasteiger partial charge in [-0.2, -0.15) is 0 Å². The number of ether oxygens (including phenoxy) is 2. The second-order valence-electron chi connectivity index (χ2n) is 6.64. The summed E-state index contributed by atoms with van der Waals surface area (Å²) in [5, 5.41) is 0.509. The zero-order valence-corrected chi connectivity index (χ0v) is 16.5. The third kappa shape index (κ3) is 3.90. The molecule has 1 heterocycles. The number of halogens is 1. The second kappa shape index (κ2) is 8.50. The van der Waals surface area contributed by atoms with E-state index in [2.05, 4.69) is 4.98 Å². The highest BCUT2D eigenvalue weighted by molar-refractivity contribution is 5.83. The minimum atomic E-state index is -0.291. The molecule has 148 valence electrons. The van der Waals surface area contributed by atoms with Crippen molar-refractivity contribution >= 4 is 22.3 Å². The Hall–Kier alpha value is -2.77. The van der Waals surface area contributed by atoms with Crippen molar-refractivity contribution in [1.29, 1.82) is 0 Å². The van der Waals surface area contributed by atoms with Gasteiger partial charge in [-0.1, -0.05) is 0 Å². The Balaban J connectivity index is 2.09. The number of aromatic nitrogens is 2. The molecule has 6 nitrogen and oxygen atoms in total. The Kier molecular flexibility index (Phi) is 6.06. The summed E-state index contributed by atoms with van der Waals surface area (Å²) in [4.78, 5) is 19.7. The van der Waals surface area contributed by atoms with Crippen molar-refractivity contribution in [2.75, 3.05) is 39.4 Å². The molecular weight excluding hydrogens is 361 g/mol. The highest BCUT2D eigenvalue weighted by Crippen LogP contribution is 2.26. The first-order valence-electron chi connectivity index (χ1n) is 8.96. The fourth-order valence-corrected chi connectivity index (χ4v) is 3.33. The van der Waals surface area contributed by atoms with Gasteiger partial charge in [0, 0.05) is 32.6 Å². The maximum atomic E-state index is 13.2. The number of aryl methyl sites for hydroxylation is 1. The summed E-state index contributed by atoms with van der Waals surface area (Å²) in [7, 11) is 5.05. The van der Waals surface area contributed by atoms with Gasteiger partial charge in [-0.05, 0) is 49.4 Å². The van der Waals surface area contributed by atoms with Crippen LogP contribution in [0.15, 0.2) is 47.3 Å². The van der Waals surface area contributed by atoms with Crippen LogP contribution < -0.4 is 10.5 Å². The lowest BCUT2D eigenvalue weighted by Gasteiger charge is -2.22. The zero-order valence-electron chi connectivity index (χ0n) is 16.5. The van der Waals surface area contributed by atoms with Crippen LogP contribution in [0.4, 0.5) is 15.8 Å². The van der Waals surface area contributed by atoms with Crippen LogP contribution in [-0.2, 0) is 9.47 Å². The normalized spacial score (nSPS) is 11.4. The first kappa shape index (κ1) is 20.0. The van der Waals surface area contributed by atoms with Crippen molar-refractivity contribution in [2.24, 2.45) is 0 Å². The van der Waals surface area contributed by atoms with Gasteiger partial charge in [0.05, 0.1) is 30.2 Å². The molecule has 0 aliphatic heterocycles. The number of benzene rings is 2. The number of methoxy groups -OCH3 is 2. The summed E-state index contributed by atoms with van der Waals surface area (Å²) < 4.78 is 25.3. The Bertz CT molecular complexity index is 1010. The van der Waals surface area contributed by atoms with E-state index in [0.717, 1.165) is 11.4 Å². The summed E-state index contributed by atoms with van der Waals surface area (Å²) in [6.07, 6.45) is 0. The van der Waals surface area contributed by atoms with Crippen molar-refractivity contribution in [2.45, 2.75) is 13.0 Å². The van der Waals surface area contributed by atoms with Gasteiger partial charge < -0.3 is 14.4 Å². The maximum Gasteiger partial charge on any atom is 0.261 e. The lowest BCUT2D eigenvalue weighted by Crippen LogP contribution is -2.33. The number of anilines is 2. The van der Waals surface area contributed by atoms with Gasteiger partial charge in [0.15, 0.2) is 0 Å². The predicted octanol–water partition coefficient (Wildman–Crippen LogP) is 3.45. The van der Waals surface area contributed by atoms with E-state index in [4.69, 9.17) is 9.47 Å². The molecule has 0 N–H and O–H groups in total. The molecule has 0 atom stereocenters. The van der Waals surface area contributed by atoms with Gasteiger partial charge in [0.2, 0.25) is 0 Å². The lowest BCUT2D eigenvalue weighted by molar-refractivity contribution is 0.0866. The zero-order chi connectivity index (χ0) is 20.3. The van der Waals surface area contributed by atoms with E-state index in [0.29, 0.717) is 29.9 Å². The van der Waals surface area contributed by atoms with E-state index in [1.54, 1.807) is 43.9 Å². The van der Waals surface area contributed by atoms with Crippen LogP contribution in [0.3, 0.4) is 0 Å². The standard InChI is InChI=1S/C21H24FN3O3/c1-14-23-20-10-9-17(24(2)16-7-5-15(22)6-8-16)11-19(20)21(26)25(14)18(12-27-3)13-28-4/h5-11,18H,12-13H2,1-4H3. The molecule has 3 rings (SSSR count). The second-order valence-corrected chi connectivity index (χ2v) is 6.64. The topological polar surface area (TPSA) is 56.6 Å². The lowest BCUT2D eigenvalue weighted by atomic mass is 10.1. The molecule has 1 aromatic heterocycles. The third-order valence-corrected chi connectivity index (χ3v) is 4.74. The van der Waals surface area contributed by atoms with E-state index in [-0.39, 0.29) is 17.4 Å². The minimum Gasteiger partial charge on any atom is -0.382 e. The quantitative estimate of drug-likeness (QED) is 0.624. The van der Waals surface area contributed by atoms with Crippen LogP contribution in [-0.4, -0.2) is 44.0 Å². The number of hydrogen-bond acceptors (Lipinski definition) is 5. The van der Waals surface area contributed by atoms with Gasteiger partial charge in [-0.15, -0.1) is 0 Å². The van der Waals surface area contributed by atoms with Crippen molar-refractivity contribution in [3.63, 3.8) is 0 Å². The van der Waals surface area contributed by atoms with Crippen molar-refractivity contribution in [3.8, 4) is 0 Å². The van der Waals surface area contributed by atoms with Crippen molar-refractivity contribution in [1.82, 2.24) is 9.55 Å². The Labute approximate surface area is 163 Å². The molecule has 0 spiro atoms. The number of nitrogens with zero attached hydrogens (tertiary/aromatic N) is 3. The molecule has 3 aromatic rings. The molecule has 0 unspecified atom stereocenters. The first-order chi connectivity index (χ1) is 13.5. The van der Waals surface area contributed by atoms with Crippen LogP contribution >= 0.6 is 0 Å². The molecular formula is C21H24FN3O3. The molecule has 7 heteroatoms. The highest BCUT2D eigenvalue weighted by atomic mass is 19.1. The first-order valence-corrected chi connectivity index (χ1v) is 8.96. The predicted molar refractivity (Wildman–Crippen MR) is 108 cm³/mol. The Morgan fingerprint density at radius 2 is 1.68 bits per heavy atom. The average Bonchev–Trinajstić information content (AvgIpc) is 2.68. The van der Waals surface area contributed by atoms with Gasteiger partial charge in [0.1, 0.15) is 11.6 Å². The van der Waals surface area contributed by atoms with Crippen molar-refractivity contribution in [3.05, 3.63) is 64.5 Å². The number of fused-ring (bicyclic) bond motifs is 1. The molecule has 0 saturated carbocycles. The van der Waals surface area contributed by atoms with Gasteiger partial charge in [0.25, 0.3) is 5.56 Å². The summed E-state index contributed by atoms with van der Waals surface area (Å²) in [6, 6.07) is 11.5. The average molecular weight is 385 g/mol. The molecule has 0 radical (unpaired) electrons. The summed E-state index contributed by atoms with van der Waals surface area (Å²) in [5.74, 6) is 0.316. The fraction of sp³-hybridized carbons (Fsp3) is 0.333. The Morgan fingerprint density at radius 1 is 1.07 bits per heavy atom. The van der Waals surface area contributed by atoms with Crippen LogP contribution in [0.1, 0.15) is 11.9 Å². The van der Waals surface area contributed by atoms with E-state index >= 15 is 0 Å². The minimum absolute atomic E-state index is 0.143. The van der Waals surface area contributed by atoms with Gasteiger partial charge in [-0.3, -0.25) is 9.36 Å². The molecule has 0 bridgehead atoms. The van der Waals surface area contributed by atoms with Crippen LogP contribution in [0.25, 0.3) is 10.9 Å². The molecule has 0 aliphatic rings. The molecule has 0 fully saturated rings. The van der Waals surface area contributed by atoms with Crippen LogP contribution in [0, 0.1) is 12.7 Å². The fourth-order valence-electron chi connectivity index (χ4n) is 3.33.